The molecule has 12 heteroatoms. The summed E-state index contributed by atoms with van der Waals surface area (Å²) in [4.78, 5) is 22.3. The van der Waals surface area contributed by atoms with E-state index in [1.165, 1.54) is 12.4 Å². The molecule has 1 aromatic carbocycles. The van der Waals surface area contributed by atoms with Gasteiger partial charge in [-0.1, -0.05) is 0 Å². The van der Waals surface area contributed by atoms with Gasteiger partial charge in [0.25, 0.3) is 0 Å². The third-order valence-electron chi connectivity index (χ3n) is 6.24. The zero-order chi connectivity index (χ0) is 24.7. The maximum absolute atomic E-state index is 15.1. The Bertz CT molecular complexity index is 1380. The summed E-state index contributed by atoms with van der Waals surface area (Å²) in [5.41, 5.74) is 6.85. The van der Waals surface area contributed by atoms with Crippen LogP contribution in [0.5, 0.6) is 11.8 Å². The molecule has 184 valence electrons. The van der Waals surface area contributed by atoms with Crippen molar-refractivity contribution < 1.29 is 18.6 Å². The number of hydrogen-bond acceptors (Lipinski definition) is 9. The molecule has 2 atom stereocenters. The highest BCUT2D eigenvalue weighted by molar-refractivity contribution is 6.15. The Balaban J connectivity index is 1.66. The van der Waals surface area contributed by atoms with Gasteiger partial charge >= 0.3 is 6.01 Å². The molecule has 4 heterocycles. The summed E-state index contributed by atoms with van der Waals surface area (Å²) in [6.07, 6.45) is 3.78. The molecule has 10 nitrogen and oxygen atoms in total. The van der Waals surface area contributed by atoms with Crippen LogP contribution >= 0.6 is 0 Å². The number of nitrogens with two attached hydrogens (primary N) is 1. The highest BCUT2D eigenvalue weighted by Gasteiger charge is 2.29. The molecular weight excluding hydrogens is 458 g/mol. The van der Waals surface area contributed by atoms with Crippen molar-refractivity contribution in [2.75, 3.05) is 36.9 Å². The number of aromatic nitrogens is 5. The third-order valence-corrected chi connectivity index (χ3v) is 6.24. The average molecular weight is 485 g/mol. The molecule has 1 fully saturated rings. The molecule has 5 N–H and O–H groups in total. The number of nitrogens with one attached hydrogen (secondary N) is 2. The van der Waals surface area contributed by atoms with Gasteiger partial charge in [0.1, 0.15) is 17.6 Å². The van der Waals surface area contributed by atoms with Crippen LogP contribution in [0.2, 0.25) is 0 Å². The van der Waals surface area contributed by atoms with Gasteiger partial charge in [-0.15, -0.1) is 0 Å². The van der Waals surface area contributed by atoms with E-state index in [0.29, 0.717) is 53.6 Å². The first kappa shape index (κ1) is 23.1. The van der Waals surface area contributed by atoms with E-state index in [9.17, 15) is 9.50 Å². The SMILES string of the molecule is CNc1cc(F)c(F)c2c1[nH]c1nc(Oc3cnc(C(C)O)nc3)nc(N3CC[C@H](CCN)C3)c12. The van der Waals surface area contributed by atoms with E-state index in [-0.39, 0.29) is 23.0 Å². The Morgan fingerprint density at radius 2 is 2.06 bits per heavy atom. The Hall–Kier alpha value is -3.64. The van der Waals surface area contributed by atoms with Crippen LogP contribution in [-0.4, -0.2) is 56.7 Å². The van der Waals surface area contributed by atoms with Crippen LogP contribution in [0.25, 0.3) is 21.9 Å². The predicted octanol–water partition coefficient (Wildman–Crippen LogP) is 3.24. The number of benzene rings is 1. The Kier molecular flexibility index (Phi) is 6.07. The van der Waals surface area contributed by atoms with Crippen LogP contribution in [0.4, 0.5) is 20.3 Å². The van der Waals surface area contributed by atoms with Crippen LogP contribution in [0.1, 0.15) is 31.7 Å². The van der Waals surface area contributed by atoms with Gasteiger partial charge < -0.3 is 30.8 Å². The molecule has 0 saturated carbocycles. The molecule has 35 heavy (non-hydrogen) atoms. The number of fused-ring (bicyclic) bond motifs is 3. The highest BCUT2D eigenvalue weighted by Crippen LogP contribution is 2.40. The molecule has 1 unspecified atom stereocenters. The topological polar surface area (TPSA) is 138 Å². The van der Waals surface area contributed by atoms with Crippen molar-refractivity contribution in [3.63, 3.8) is 0 Å². The number of aromatic amines is 1. The fraction of sp³-hybridized carbons (Fsp3) is 0.391. The molecule has 3 aromatic heterocycles. The summed E-state index contributed by atoms with van der Waals surface area (Å²) >= 11 is 0. The number of anilines is 2. The molecule has 0 amide bonds. The maximum Gasteiger partial charge on any atom is 0.326 e. The number of nitrogens with zero attached hydrogens (tertiary/aromatic N) is 5. The lowest BCUT2D eigenvalue weighted by Gasteiger charge is -2.19. The Labute approximate surface area is 199 Å². The lowest BCUT2D eigenvalue weighted by molar-refractivity contribution is 0.188. The van der Waals surface area contributed by atoms with E-state index in [4.69, 9.17) is 10.5 Å². The summed E-state index contributed by atoms with van der Waals surface area (Å²) in [7, 11) is 1.63. The number of ether oxygens (including phenoxy) is 1. The van der Waals surface area contributed by atoms with Gasteiger partial charge in [0, 0.05) is 26.2 Å². The molecule has 1 aliphatic heterocycles. The lowest BCUT2D eigenvalue weighted by atomic mass is 10.1. The molecule has 1 aliphatic rings. The number of aliphatic hydroxyl groups is 1. The monoisotopic (exact) mass is 484 g/mol. The molecular formula is C23H26F2N8O2. The molecule has 0 radical (unpaired) electrons. The molecule has 0 bridgehead atoms. The van der Waals surface area contributed by atoms with Gasteiger partial charge in [-0.25, -0.2) is 18.7 Å². The van der Waals surface area contributed by atoms with E-state index in [1.54, 1.807) is 14.0 Å². The van der Waals surface area contributed by atoms with Crippen molar-refractivity contribution in [3.05, 3.63) is 35.9 Å². The number of aliphatic hydroxyl groups excluding tert-OH is 1. The van der Waals surface area contributed by atoms with Gasteiger partial charge in [0.05, 0.1) is 34.4 Å². The summed E-state index contributed by atoms with van der Waals surface area (Å²) < 4.78 is 35.4. The quantitative estimate of drug-likeness (QED) is 0.311. The van der Waals surface area contributed by atoms with E-state index in [1.807, 2.05) is 4.90 Å². The minimum Gasteiger partial charge on any atom is -0.421 e. The van der Waals surface area contributed by atoms with Crippen LogP contribution in [0.3, 0.4) is 0 Å². The van der Waals surface area contributed by atoms with Gasteiger partial charge in [-0.3, -0.25) is 0 Å². The van der Waals surface area contributed by atoms with Gasteiger partial charge in [0.2, 0.25) is 0 Å². The minimum atomic E-state index is -0.969. The lowest BCUT2D eigenvalue weighted by Crippen LogP contribution is -2.22. The summed E-state index contributed by atoms with van der Waals surface area (Å²) in [6, 6.07) is 1.10. The van der Waals surface area contributed by atoms with Crippen molar-refractivity contribution >= 4 is 33.4 Å². The first-order chi connectivity index (χ1) is 16.9. The molecule has 0 aliphatic carbocycles. The predicted molar refractivity (Wildman–Crippen MR) is 128 cm³/mol. The van der Waals surface area contributed by atoms with Crippen molar-refractivity contribution in [1.29, 1.82) is 0 Å². The third kappa shape index (κ3) is 4.19. The van der Waals surface area contributed by atoms with Gasteiger partial charge in [-0.2, -0.15) is 9.97 Å². The standard InChI is InChI=1S/C23H26F2N8O2/c1-11(34)20-28-8-13(9-29-20)35-23-31-21-17(22(32-23)33-6-4-12(10-33)3-5-26)16-18(25)14(24)7-15(27-2)19(16)30-21/h7-9,11-12,27,34H,3-6,10,26H2,1-2H3,(H,30,31,32)/t11?,12-/m0/s1. The second-order valence-corrected chi connectivity index (χ2v) is 8.63. The van der Waals surface area contributed by atoms with Crippen LogP contribution < -0.4 is 20.7 Å². The summed E-state index contributed by atoms with van der Waals surface area (Å²) in [6.45, 7) is 3.50. The van der Waals surface area contributed by atoms with Crippen LogP contribution in [0, 0.1) is 17.6 Å². The van der Waals surface area contributed by atoms with Crippen molar-refractivity contribution in [3.8, 4) is 11.8 Å². The fourth-order valence-corrected chi connectivity index (χ4v) is 4.53. The van der Waals surface area contributed by atoms with E-state index < -0.39 is 17.7 Å². The summed E-state index contributed by atoms with van der Waals surface area (Å²) in [5, 5.41) is 13.0. The number of halogens is 2. The van der Waals surface area contributed by atoms with E-state index in [2.05, 4.69) is 30.2 Å². The molecule has 1 saturated heterocycles. The van der Waals surface area contributed by atoms with Crippen LogP contribution in [-0.2, 0) is 0 Å². The zero-order valence-electron chi connectivity index (χ0n) is 19.3. The maximum atomic E-state index is 15.1. The first-order valence-electron chi connectivity index (χ1n) is 11.4. The van der Waals surface area contributed by atoms with Crippen molar-refractivity contribution in [2.24, 2.45) is 11.7 Å². The van der Waals surface area contributed by atoms with E-state index >= 15 is 4.39 Å². The Morgan fingerprint density at radius 3 is 2.74 bits per heavy atom. The first-order valence-corrected chi connectivity index (χ1v) is 11.4. The normalized spacial score (nSPS) is 16.9. The number of hydrogen-bond donors (Lipinski definition) is 4. The van der Waals surface area contributed by atoms with Gasteiger partial charge in [-0.05, 0) is 32.2 Å². The van der Waals surface area contributed by atoms with Crippen molar-refractivity contribution in [1.82, 2.24) is 24.9 Å². The smallest absolute Gasteiger partial charge is 0.326 e. The molecule has 0 spiro atoms. The average Bonchev–Trinajstić information content (AvgIpc) is 3.46. The largest absolute Gasteiger partial charge is 0.421 e. The Morgan fingerprint density at radius 1 is 1.29 bits per heavy atom. The minimum absolute atomic E-state index is 0.00150. The van der Waals surface area contributed by atoms with E-state index in [0.717, 1.165) is 18.9 Å². The zero-order valence-corrected chi connectivity index (χ0v) is 19.3. The second kappa shape index (κ2) is 9.19. The van der Waals surface area contributed by atoms with Crippen LogP contribution in [0.15, 0.2) is 18.5 Å². The number of H-pyrrole nitrogens is 1. The second-order valence-electron chi connectivity index (χ2n) is 8.63. The number of rotatable bonds is 7. The van der Waals surface area contributed by atoms with Gasteiger partial charge in [0.15, 0.2) is 23.2 Å². The fourth-order valence-electron chi connectivity index (χ4n) is 4.53. The molecule has 4 aromatic rings. The molecule has 5 rings (SSSR count). The van der Waals surface area contributed by atoms with Crippen molar-refractivity contribution in [2.45, 2.75) is 25.9 Å². The highest BCUT2D eigenvalue weighted by atomic mass is 19.2. The summed E-state index contributed by atoms with van der Waals surface area (Å²) in [5.74, 6) is -0.591.